The molecule has 0 nitrogen and oxygen atoms in total. The Bertz CT molecular complexity index is 213. The maximum atomic E-state index is 2.32. The van der Waals surface area contributed by atoms with E-state index < -0.39 is 0 Å². The van der Waals surface area contributed by atoms with Crippen molar-refractivity contribution in [1.82, 2.24) is 0 Å². The Morgan fingerprint density at radius 2 is 1.92 bits per heavy atom. The predicted octanol–water partition coefficient (Wildman–Crippen LogP) is 4.47. The fourth-order valence-electron chi connectivity index (χ4n) is 0.838. The molecule has 1 aromatic carbocycles. The van der Waals surface area contributed by atoms with E-state index in [1.165, 1.54) is 10.6 Å². The fourth-order valence-corrected chi connectivity index (χ4v) is 6.53. The maximum Gasteiger partial charge on any atom is 0.0145 e. The highest BCUT2D eigenvalue weighted by molar-refractivity contribution is 8.88. The average molecular weight is 216 g/mol. The summed E-state index contributed by atoms with van der Waals surface area (Å²) in [5.41, 5.74) is 0. The van der Waals surface area contributed by atoms with Crippen molar-refractivity contribution in [3.05, 3.63) is 30.3 Å². The van der Waals surface area contributed by atoms with Gasteiger partial charge < -0.3 is 0 Å². The molecule has 0 spiro atoms. The first-order valence-electron chi connectivity index (χ1n) is 3.92. The molecule has 66 valence electrons. The topological polar surface area (TPSA) is 0 Å². The molecule has 1 rings (SSSR count). The molecular formula is C9H13PS2. The van der Waals surface area contributed by atoms with E-state index in [0.717, 1.165) is 0 Å². The van der Waals surface area contributed by atoms with Crippen molar-refractivity contribution in [1.29, 1.82) is 0 Å². The van der Waals surface area contributed by atoms with Crippen LogP contribution in [0.4, 0.5) is 0 Å². The number of rotatable bonds is 4. The summed E-state index contributed by atoms with van der Waals surface area (Å²) in [5.74, 6) is 1.22. The smallest absolute Gasteiger partial charge is 0.0145 e. The molecule has 0 heterocycles. The van der Waals surface area contributed by atoms with Crippen LogP contribution in [0.25, 0.3) is 0 Å². The van der Waals surface area contributed by atoms with Gasteiger partial charge in [-0.25, -0.2) is 0 Å². The lowest BCUT2D eigenvalue weighted by Gasteiger charge is -2.08. The predicted molar refractivity (Wildman–Crippen MR) is 63.3 cm³/mol. The fraction of sp³-hybridized carbons (Fsp3) is 0.333. The largest absolute Gasteiger partial charge is 0.123 e. The maximum absolute atomic E-state index is 2.32. The third-order valence-electron chi connectivity index (χ3n) is 1.29. The van der Waals surface area contributed by atoms with E-state index in [0.29, 0.717) is 0 Å². The molecule has 0 aliphatic rings. The monoisotopic (exact) mass is 216 g/mol. The highest BCUT2D eigenvalue weighted by Gasteiger charge is 2.01. The summed E-state index contributed by atoms with van der Waals surface area (Å²) in [7, 11) is 0. The van der Waals surface area contributed by atoms with Crippen molar-refractivity contribution < 1.29 is 0 Å². The molecule has 0 aromatic heterocycles. The molecule has 0 bridgehead atoms. The third-order valence-corrected chi connectivity index (χ3v) is 7.54. The van der Waals surface area contributed by atoms with E-state index in [-0.39, 0.29) is 6.33 Å². The minimum atomic E-state index is 0.0764. The van der Waals surface area contributed by atoms with Crippen LogP contribution >= 0.6 is 29.1 Å². The van der Waals surface area contributed by atoms with Gasteiger partial charge in [0.1, 0.15) is 0 Å². The van der Waals surface area contributed by atoms with Crippen molar-refractivity contribution in [2.75, 3.05) is 12.4 Å². The van der Waals surface area contributed by atoms with Gasteiger partial charge in [-0.2, -0.15) is 0 Å². The van der Waals surface area contributed by atoms with Gasteiger partial charge in [0, 0.05) is 11.2 Å². The number of benzene rings is 1. The second-order valence-corrected chi connectivity index (χ2v) is 9.93. The minimum absolute atomic E-state index is 0.0764. The van der Waals surface area contributed by atoms with Crippen LogP contribution in [0.5, 0.6) is 0 Å². The van der Waals surface area contributed by atoms with Gasteiger partial charge in [0.25, 0.3) is 0 Å². The Morgan fingerprint density at radius 3 is 2.50 bits per heavy atom. The average Bonchev–Trinajstić information content (AvgIpc) is 2.06. The Balaban J connectivity index is 2.41. The van der Waals surface area contributed by atoms with Crippen molar-refractivity contribution >= 4 is 29.1 Å². The van der Waals surface area contributed by atoms with E-state index in [9.17, 15) is 0 Å². The van der Waals surface area contributed by atoms with Gasteiger partial charge in [0.15, 0.2) is 0 Å². The van der Waals surface area contributed by atoms with Crippen LogP contribution in [-0.2, 0) is 0 Å². The van der Waals surface area contributed by atoms with Crippen LogP contribution < -0.4 is 0 Å². The number of hydrogen-bond acceptors (Lipinski definition) is 2. The van der Waals surface area contributed by atoms with Crippen molar-refractivity contribution in [2.45, 2.75) is 11.8 Å². The first kappa shape index (κ1) is 10.4. The molecule has 1 unspecified atom stereocenters. The lowest BCUT2D eigenvalue weighted by molar-refractivity contribution is 1.48. The van der Waals surface area contributed by atoms with Crippen molar-refractivity contribution in [3.8, 4) is 0 Å². The zero-order valence-corrected chi connectivity index (χ0v) is 9.88. The van der Waals surface area contributed by atoms with E-state index in [2.05, 4.69) is 55.3 Å². The molecular weight excluding hydrogens is 203 g/mol. The lowest BCUT2D eigenvalue weighted by atomic mass is 10.4. The Morgan fingerprint density at radius 1 is 1.25 bits per heavy atom. The van der Waals surface area contributed by atoms with Gasteiger partial charge in [-0.1, -0.05) is 36.5 Å². The van der Waals surface area contributed by atoms with Crippen LogP contribution in [0.1, 0.15) is 6.92 Å². The minimum Gasteiger partial charge on any atom is -0.123 e. The molecule has 12 heavy (non-hydrogen) atoms. The molecule has 1 atom stereocenters. The van der Waals surface area contributed by atoms with Gasteiger partial charge in [0.05, 0.1) is 0 Å². The third kappa shape index (κ3) is 3.84. The summed E-state index contributed by atoms with van der Waals surface area (Å²) >= 11 is 4.05. The second kappa shape index (κ2) is 5.90. The van der Waals surface area contributed by atoms with Crippen molar-refractivity contribution in [3.63, 3.8) is 0 Å². The van der Waals surface area contributed by atoms with Crippen LogP contribution in [-0.4, -0.2) is 12.4 Å². The lowest BCUT2D eigenvalue weighted by Crippen LogP contribution is -1.66. The molecule has 0 aliphatic carbocycles. The molecule has 0 radical (unpaired) electrons. The van der Waals surface area contributed by atoms with E-state index in [1.807, 2.05) is 11.4 Å². The first-order valence-corrected chi connectivity index (χ1v) is 8.72. The highest BCUT2D eigenvalue weighted by atomic mass is 33.1. The summed E-state index contributed by atoms with van der Waals surface area (Å²) in [6.45, 7) is 4.54. The zero-order chi connectivity index (χ0) is 8.81. The molecule has 3 heteroatoms. The van der Waals surface area contributed by atoms with E-state index >= 15 is 0 Å². The summed E-state index contributed by atoms with van der Waals surface area (Å²) in [5, 5.41) is 0. The Labute approximate surface area is 83.8 Å². The Kier molecular flexibility index (Phi) is 5.13. The summed E-state index contributed by atoms with van der Waals surface area (Å²) in [6.07, 6.45) is 0.0764. The molecule has 0 amide bonds. The molecule has 0 saturated heterocycles. The Hall–Kier alpha value is 0.350. The molecule has 0 aliphatic heterocycles. The molecule has 0 fully saturated rings. The summed E-state index contributed by atoms with van der Waals surface area (Å²) < 4.78 is 0. The van der Waals surface area contributed by atoms with Crippen LogP contribution in [0, 0.1) is 0 Å². The first-order chi connectivity index (χ1) is 5.83. The summed E-state index contributed by atoms with van der Waals surface area (Å²) in [4.78, 5) is 1.40. The molecule has 0 N–H and O–H groups in total. The molecule has 0 saturated carbocycles. The van der Waals surface area contributed by atoms with Crippen LogP contribution in [0.15, 0.2) is 35.2 Å². The van der Waals surface area contributed by atoms with E-state index in [1.54, 1.807) is 0 Å². The van der Waals surface area contributed by atoms with Gasteiger partial charge in [-0.15, -0.1) is 11.4 Å². The van der Waals surface area contributed by atoms with Gasteiger partial charge >= 0.3 is 0 Å². The van der Waals surface area contributed by atoms with Gasteiger partial charge in [-0.3, -0.25) is 0 Å². The quantitative estimate of drug-likeness (QED) is 0.681. The SMILES string of the molecule is CCSP(C)Sc1ccccc1. The second-order valence-electron chi connectivity index (χ2n) is 2.26. The van der Waals surface area contributed by atoms with Gasteiger partial charge in [0.2, 0.25) is 0 Å². The standard InChI is InChI=1S/C9H13PS2/c1-3-11-10(2)12-9-7-5-4-6-8-9/h4-8H,3H2,1-2H3. The normalized spacial score (nSPS) is 12.8. The van der Waals surface area contributed by atoms with Crippen LogP contribution in [0.2, 0.25) is 0 Å². The van der Waals surface area contributed by atoms with Crippen LogP contribution in [0.3, 0.4) is 0 Å². The summed E-state index contributed by atoms with van der Waals surface area (Å²) in [6, 6.07) is 10.6. The molecule has 1 aromatic rings. The van der Waals surface area contributed by atoms with Crippen molar-refractivity contribution in [2.24, 2.45) is 0 Å². The number of hydrogen-bond donors (Lipinski definition) is 0. The highest BCUT2D eigenvalue weighted by Crippen LogP contribution is 2.60. The van der Waals surface area contributed by atoms with E-state index in [4.69, 9.17) is 0 Å². The van der Waals surface area contributed by atoms with Gasteiger partial charge in [-0.05, 0) is 24.6 Å². The zero-order valence-electron chi connectivity index (χ0n) is 7.36.